The second kappa shape index (κ2) is 8.51. The molecule has 1 aliphatic heterocycles. The smallest absolute Gasteiger partial charge is 0.262 e. The zero-order valence-corrected chi connectivity index (χ0v) is 17.7. The third-order valence-electron chi connectivity index (χ3n) is 5.04. The van der Waals surface area contributed by atoms with Gasteiger partial charge in [0.1, 0.15) is 29.0 Å². The second-order valence-electron chi connectivity index (χ2n) is 7.56. The number of amides is 2. The molecule has 0 fully saturated rings. The van der Waals surface area contributed by atoms with Gasteiger partial charge >= 0.3 is 0 Å². The summed E-state index contributed by atoms with van der Waals surface area (Å²) in [5.41, 5.74) is 2.03. The molecule has 0 saturated carbocycles. The molecule has 3 heterocycles. The normalized spacial score (nSPS) is 15.6. The maximum absolute atomic E-state index is 13.0. The fourth-order valence-electron chi connectivity index (χ4n) is 3.43. The highest BCUT2D eigenvalue weighted by Gasteiger charge is 2.35. The number of aryl methyl sites for hydroxylation is 1. The molecule has 2 amide bonds. The van der Waals surface area contributed by atoms with E-state index in [1.54, 1.807) is 50.7 Å². The van der Waals surface area contributed by atoms with Crippen molar-refractivity contribution in [1.82, 2.24) is 9.91 Å². The van der Waals surface area contributed by atoms with Crippen LogP contribution < -0.4 is 5.32 Å². The van der Waals surface area contributed by atoms with E-state index in [1.807, 2.05) is 25.1 Å². The predicted molar refractivity (Wildman–Crippen MR) is 116 cm³/mol. The van der Waals surface area contributed by atoms with Crippen molar-refractivity contribution in [1.29, 1.82) is 0 Å². The topological polar surface area (TPSA) is 91.3 Å². The second-order valence-corrected chi connectivity index (χ2v) is 7.56. The van der Waals surface area contributed by atoms with Gasteiger partial charge in [0.05, 0.1) is 12.8 Å². The van der Waals surface area contributed by atoms with Gasteiger partial charge in [-0.05, 0) is 55.5 Å². The molecule has 0 spiro atoms. The summed E-state index contributed by atoms with van der Waals surface area (Å²) in [6.07, 6.45) is 2.09. The van der Waals surface area contributed by atoms with Crippen molar-refractivity contribution in [3.8, 4) is 0 Å². The molecular weight excluding hydrogens is 396 g/mol. The highest BCUT2D eigenvalue weighted by molar-refractivity contribution is 6.01. The Kier molecular flexibility index (Phi) is 5.62. The quantitative estimate of drug-likeness (QED) is 0.657. The van der Waals surface area contributed by atoms with Gasteiger partial charge in [0, 0.05) is 31.8 Å². The number of nitrogens with one attached hydrogen (secondary N) is 1. The first-order valence-electron chi connectivity index (χ1n) is 9.97. The van der Waals surface area contributed by atoms with Gasteiger partial charge in [-0.1, -0.05) is 0 Å². The molecule has 1 aromatic carbocycles. The van der Waals surface area contributed by atoms with Gasteiger partial charge in [0.2, 0.25) is 0 Å². The number of carbonyl (C=O) groups is 2. The van der Waals surface area contributed by atoms with Crippen LogP contribution in [0.25, 0.3) is 0 Å². The monoisotopic (exact) mass is 420 g/mol. The molecule has 0 saturated heterocycles. The minimum absolute atomic E-state index is 0.0478. The van der Waals surface area contributed by atoms with Crippen molar-refractivity contribution in [3.05, 3.63) is 77.6 Å². The van der Waals surface area contributed by atoms with E-state index in [2.05, 4.69) is 10.4 Å². The first-order chi connectivity index (χ1) is 14.9. The van der Waals surface area contributed by atoms with Crippen LogP contribution in [0.5, 0.6) is 0 Å². The van der Waals surface area contributed by atoms with Crippen LogP contribution in [0.3, 0.4) is 0 Å². The van der Waals surface area contributed by atoms with Crippen LogP contribution in [0.4, 0.5) is 5.69 Å². The minimum atomic E-state index is -0.329. The van der Waals surface area contributed by atoms with E-state index in [0.717, 1.165) is 11.4 Å². The first-order valence-corrected chi connectivity index (χ1v) is 9.97. The number of benzene rings is 1. The Bertz CT molecular complexity index is 1100. The first kappa shape index (κ1) is 20.5. The van der Waals surface area contributed by atoms with E-state index >= 15 is 0 Å². The summed E-state index contributed by atoms with van der Waals surface area (Å²) in [6, 6.07) is 14.0. The maximum Gasteiger partial charge on any atom is 0.262 e. The fourth-order valence-corrected chi connectivity index (χ4v) is 3.43. The lowest BCUT2D eigenvalue weighted by molar-refractivity contribution is -0.131. The van der Waals surface area contributed by atoms with Crippen molar-refractivity contribution in [2.45, 2.75) is 19.4 Å². The Balaban J connectivity index is 1.47. The van der Waals surface area contributed by atoms with Crippen molar-refractivity contribution in [3.63, 3.8) is 0 Å². The molecule has 0 unspecified atom stereocenters. The third-order valence-corrected chi connectivity index (χ3v) is 5.04. The fraction of sp³-hybridized carbons (Fsp3) is 0.261. The number of furan rings is 2. The highest BCUT2D eigenvalue weighted by atomic mass is 16.3. The third kappa shape index (κ3) is 4.37. The van der Waals surface area contributed by atoms with Crippen molar-refractivity contribution in [2.75, 3.05) is 26.0 Å². The van der Waals surface area contributed by atoms with Gasteiger partial charge in [0.25, 0.3) is 11.8 Å². The molecule has 1 N–H and O–H groups in total. The number of carbonyl (C=O) groups excluding carboxylic acids is 2. The Hall–Kier alpha value is -3.81. The molecule has 0 bridgehead atoms. The van der Waals surface area contributed by atoms with Crippen molar-refractivity contribution in [2.24, 2.45) is 5.10 Å². The van der Waals surface area contributed by atoms with Crippen molar-refractivity contribution >= 4 is 23.2 Å². The molecular formula is C23H24N4O4. The van der Waals surface area contributed by atoms with Crippen LogP contribution >= 0.6 is 0 Å². The largest absolute Gasteiger partial charge is 0.467 e. The zero-order chi connectivity index (χ0) is 22.0. The summed E-state index contributed by atoms with van der Waals surface area (Å²) < 4.78 is 11.2. The molecule has 0 aliphatic carbocycles. The molecule has 0 radical (unpaired) electrons. The average Bonchev–Trinajstić information content (AvgIpc) is 3.51. The molecule has 4 rings (SSSR count). The van der Waals surface area contributed by atoms with Crippen LogP contribution in [-0.2, 0) is 4.79 Å². The van der Waals surface area contributed by atoms with Crippen LogP contribution in [0, 0.1) is 6.92 Å². The Morgan fingerprint density at radius 3 is 2.55 bits per heavy atom. The molecule has 31 heavy (non-hydrogen) atoms. The SMILES string of the molecule is Cc1ccc(C2=NN(C(=O)CNc3ccc(C(=O)N(C)C)cc3)[C@H](c3ccco3)C2)o1. The van der Waals surface area contributed by atoms with Crippen molar-refractivity contribution < 1.29 is 18.4 Å². The Morgan fingerprint density at radius 1 is 1.16 bits per heavy atom. The van der Waals surface area contributed by atoms with Crippen LogP contribution in [0.15, 0.2) is 68.7 Å². The van der Waals surface area contributed by atoms with Crippen LogP contribution in [-0.4, -0.2) is 48.1 Å². The summed E-state index contributed by atoms with van der Waals surface area (Å²) in [5.74, 6) is 1.83. The predicted octanol–water partition coefficient (Wildman–Crippen LogP) is 3.67. The average molecular weight is 420 g/mol. The van der Waals surface area contributed by atoms with Crippen LogP contribution in [0.1, 0.15) is 40.1 Å². The van der Waals surface area contributed by atoms with Gasteiger partial charge in [0.15, 0.2) is 0 Å². The maximum atomic E-state index is 13.0. The highest BCUT2D eigenvalue weighted by Crippen LogP contribution is 2.33. The molecule has 3 aromatic rings. The number of hydrogen-bond donors (Lipinski definition) is 1. The zero-order valence-electron chi connectivity index (χ0n) is 17.7. The molecule has 8 heteroatoms. The summed E-state index contributed by atoms with van der Waals surface area (Å²) in [4.78, 5) is 26.5. The molecule has 1 atom stereocenters. The van der Waals surface area contributed by atoms with Crippen LogP contribution in [0.2, 0.25) is 0 Å². The summed E-state index contributed by atoms with van der Waals surface area (Å²) in [5, 5.41) is 9.08. The summed E-state index contributed by atoms with van der Waals surface area (Å²) >= 11 is 0. The van der Waals surface area contributed by atoms with E-state index in [-0.39, 0.29) is 24.4 Å². The molecule has 160 valence electrons. The Labute approximate surface area is 180 Å². The minimum Gasteiger partial charge on any atom is -0.467 e. The van der Waals surface area contributed by atoms with E-state index in [1.165, 1.54) is 9.91 Å². The number of rotatable bonds is 6. The standard InChI is InChI=1S/C23H24N4O4/c1-15-6-11-20(31-15)18-13-19(21-5-4-12-30-21)27(25-18)22(28)14-24-17-9-7-16(8-10-17)23(29)26(2)3/h4-12,19,24H,13-14H2,1-3H3/t19-/m0/s1. The number of anilines is 1. The lowest BCUT2D eigenvalue weighted by Gasteiger charge is -2.20. The van der Waals surface area contributed by atoms with Gasteiger partial charge in [-0.15, -0.1) is 0 Å². The van der Waals surface area contributed by atoms with E-state index < -0.39 is 0 Å². The number of nitrogens with zero attached hydrogens (tertiary/aromatic N) is 3. The summed E-state index contributed by atoms with van der Waals surface area (Å²) in [7, 11) is 3.41. The summed E-state index contributed by atoms with van der Waals surface area (Å²) in [6.45, 7) is 1.92. The number of hydrazone groups is 1. The lowest BCUT2D eigenvalue weighted by Crippen LogP contribution is -2.32. The lowest BCUT2D eigenvalue weighted by atomic mass is 10.1. The Morgan fingerprint density at radius 2 is 1.94 bits per heavy atom. The molecule has 2 aromatic heterocycles. The van der Waals surface area contributed by atoms with Gasteiger partial charge in [-0.3, -0.25) is 9.59 Å². The van der Waals surface area contributed by atoms with Gasteiger partial charge in [-0.2, -0.15) is 5.10 Å². The van der Waals surface area contributed by atoms with E-state index in [4.69, 9.17) is 8.83 Å². The van der Waals surface area contributed by atoms with Gasteiger partial charge in [-0.25, -0.2) is 5.01 Å². The number of hydrogen-bond acceptors (Lipinski definition) is 6. The molecule has 8 nitrogen and oxygen atoms in total. The van der Waals surface area contributed by atoms with E-state index in [9.17, 15) is 9.59 Å². The molecule has 1 aliphatic rings. The van der Waals surface area contributed by atoms with E-state index in [0.29, 0.717) is 29.2 Å². The van der Waals surface area contributed by atoms with Gasteiger partial charge < -0.3 is 19.1 Å².